The fourth-order valence-corrected chi connectivity index (χ4v) is 2.72. The summed E-state index contributed by atoms with van der Waals surface area (Å²) in [5, 5.41) is 10.1. The maximum absolute atomic E-state index is 10.1. The first kappa shape index (κ1) is 15.3. The Morgan fingerprint density at radius 3 is 2.28 bits per heavy atom. The molecule has 4 nitrogen and oxygen atoms in total. The lowest BCUT2D eigenvalue weighted by atomic mass is 9.92. The van der Waals surface area contributed by atoms with Crippen LogP contribution in [0, 0.1) is 0 Å². The second kappa shape index (κ2) is 6.41. The zero-order valence-electron chi connectivity index (χ0n) is 11.2. The van der Waals surface area contributed by atoms with Crippen LogP contribution in [0.1, 0.15) is 37.0 Å². The Morgan fingerprint density at radius 1 is 1.28 bits per heavy atom. The van der Waals surface area contributed by atoms with E-state index in [1.807, 2.05) is 13.8 Å². The van der Waals surface area contributed by atoms with E-state index in [1.165, 1.54) is 0 Å². The van der Waals surface area contributed by atoms with Gasteiger partial charge in [-0.3, -0.25) is 0 Å². The van der Waals surface area contributed by atoms with Gasteiger partial charge in [0.25, 0.3) is 0 Å². The molecule has 0 fully saturated rings. The predicted molar refractivity (Wildman–Crippen MR) is 75.3 cm³/mol. The van der Waals surface area contributed by atoms with E-state index in [0.29, 0.717) is 11.5 Å². The first-order valence-electron chi connectivity index (χ1n) is 5.80. The highest BCUT2D eigenvalue weighted by Gasteiger charge is 2.24. The van der Waals surface area contributed by atoms with Crippen LogP contribution in [0.5, 0.6) is 11.5 Å². The average molecular weight is 318 g/mol. The summed E-state index contributed by atoms with van der Waals surface area (Å²) < 4.78 is 11.5. The highest BCUT2D eigenvalue weighted by atomic mass is 79.9. The van der Waals surface area contributed by atoms with Crippen LogP contribution < -0.4 is 15.2 Å². The lowest BCUT2D eigenvalue weighted by Crippen LogP contribution is -2.15. The molecule has 0 aliphatic heterocycles. The summed E-state index contributed by atoms with van der Waals surface area (Å²) in [6.45, 7) is 4.24. The summed E-state index contributed by atoms with van der Waals surface area (Å²) in [5.41, 5.74) is 7.25. The molecule has 1 rings (SSSR count). The van der Waals surface area contributed by atoms with E-state index in [4.69, 9.17) is 15.2 Å². The predicted octanol–water partition coefficient (Wildman–Crippen LogP) is 2.58. The number of ether oxygens (including phenoxy) is 2. The summed E-state index contributed by atoms with van der Waals surface area (Å²) in [6.07, 6.45) is -0.725. The van der Waals surface area contributed by atoms with Crippen LogP contribution in [0.25, 0.3) is 0 Å². The van der Waals surface area contributed by atoms with E-state index < -0.39 is 6.10 Å². The van der Waals surface area contributed by atoms with Gasteiger partial charge in [-0.05, 0) is 12.0 Å². The molecule has 0 aliphatic carbocycles. The van der Waals surface area contributed by atoms with Crippen LogP contribution in [0.2, 0.25) is 0 Å². The molecule has 0 aliphatic rings. The van der Waals surface area contributed by atoms with E-state index in [-0.39, 0.29) is 12.5 Å². The fourth-order valence-electron chi connectivity index (χ4n) is 2.03. The van der Waals surface area contributed by atoms with E-state index in [1.54, 1.807) is 20.3 Å². The zero-order valence-corrected chi connectivity index (χ0v) is 12.7. The Balaban J connectivity index is 3.59. The van der Waals surface area contributed by atoms with Crippen molar-refractivity contribution in [3.8, 4) is 11.5 Å². The van der Waals surface area contributed by atoms with Gasteiger partial charge in [0.05, 0.1) is 20.3 Å². The molecule has 0 aromatic heterocycles. The average Bonchev–Trinajstić information content (AvgIpc) is 2.36. The van der Waals surface area contributed by atoms with Crippen molar-refractivity contribution in [3.63, 3.8) is 0 Å². The molecule has 3 N–H and O–H groups in total. The fraction of sp³-hybridized carbons (Fsp3) is 0.538. The maximum Gasteiger partial charge on any atom is 0.164 e. The van der Waals surface area contributed by atoms with Crippen molar-refractivity contribution in [3.05, 3.63) is 21.7 Å². The number of benzene rings is 1. The minimum atomic E-state index is -0.725. The largest absolute Gasteiger partial charge is 0.493 e. The van der Waals surface area contributed by atoms with Gasteiger partial charge in [0, 0.05) is 22.1 Å². The van der Waals surface area contributed by atoms with E-state index in [2.05, 4.69) is 15.9 Å². The normalized spacial score (nSPS) is 12.7. The number of halogens is 1. The Hall–Kier alpha value is -0.780. The molecule has 1 atom stereocenters. The molecule has 0 radical (unpaired) electrons. The van der Waals surface area contributed by atoms with Gasteiger partial charge in [-0.2, -0.15) is 0 Å². The molecule has 0 heterocycles. The third-order valence-electron chi connectivity index (χ3n) is 2.83. The van der Waals surface area contributed by atoms with Gasteiger partial charge in [-0.1, -0.05) is 29.8 Å². The SMILES string of the molecule is COc1cc(Br)c(C(O)CN)c(C(C)C)c1OC. The highest BCUT2D eigenvalue weighted by molar-refractivity contribution is 9.10. The van der Waals surface area contributed by atoms with Crippen molar-refractivity contribution in [1.29, 1.82) is 0 Å². The third kappa shape index (κ3) is 2.79. The molecule has 1 aromatic carbocycles. The first-order valence-corrected chi connectivity index (χ1v) is 6.59. The topological polar surface area (TPSA) is 64.7 Å². The van der Waals surface area contributed by atoms with Crippen molar-refractivity contribution in [2.75, 3.05) is 20.8 Å². The molecule has 1 aromatic rings. The van der Waals surface area contributed by atoms with Crippen molar-refractivity contribution < 1.29 is 14.6 Å². The first-order chi connectivity index (χ1) is 8.47. The van der Waals surface area contributed by atoms with Gasteiger partial charge in [0.15, 0.2) is 11.5 Å². The van der Waals surface area contributed by atoms with Crippen LogP contribution in [-0.2, 0) is 0 Å². The van der Waals surface area contributed by atoms with Crippen LogP contribution in [0.15, 0.2) is 10.5 Å². The molecule has 18 heavy (non-hydrogen) atoms. The Kier molecular flexibility index (Phi) is 5.44. The van der Waals surface area contributed by atoms with Gasteiger partial charge in [0.1, 0.15) is 0 Å². The van der Waals surface area contributed by atoms with Crippen molar-refractivity contribution in [1.82, 2.24) is 0 Å². The van der Waals surface area contributed by atoms with Crippen molar-refractivity contribution in [2.24, 2.45) is 5.73 Å². The van der Waals surface area contributed by atoms with Crippen LogP contribution in [0.3, 0.4) is 0 Å². The van der Waals surface area contributed by atoms with Crippen LogP contribution in [-0.4, -0.2) is 25.9 Å². The van der Waals surface area contributed by atoms with E-state index in [9.17, 15) is 5.11 Å². The van der Waals surface area contributed by atoms with Gasteiger partial charge in [0.2, 0.25) is 0 Å². The van der Waals surface area contributed by atoms with Gasteiger partial charge >= 0.3 is 0 Å². The van der Waals surface area contributed by atoms with Gasteiger partial charge in [-0.25, -0.2) is 0 Å². The number of nitrogens with two attached hydrogens (primary N) is 1. The van der Waals surface area contributed by atoms with E-state index >= 15 is 0 Å². The highest BCUT2D eigenvalue weighted by Crippen LogP contribution is 2.44. The molecule has 0 spiro atoms. The number of rotatable bonds is 5. The molecule has 0 bridgehead atoms. The smallest absolute Gasteiger partial charge is 0.164 e. The Labute approximate surface area is 116 Å². The minimum Gasteiger partial charge on any atom is -0.493 e. The number of methoxy groups -OCH3 is 2. The molecule has 5 heteroatoms. The van der Waals surface area contributed by atoms with E-state index in [0.717, 1.165) is 15.6 Å². The summed E-state index contributed by atoms with van der Waals surface area (Å²) in [6, 6.07) is 1.79. The molecule has 1 unspecified atom stereocenters. The van der Waals surface area contributed by atoms with Crippen molar-refractivity contribution in [2.45, 2.75) is 25.9 Å². The standard InChI is InChI=1S/C13H20BrNO3/c1-7(2)11-12(9(16)6-15)8(14)5-10(17-3)13(11)18-4/h5,7,9,16H,6,15H2,1-4H3. The quantitative estimate of drug-likeness (QED) is 0.876. The summed E-state index contributed by atoms with van der Waals surface area (Å²) in [5.74, 6) is 1.47. The Bertz CT molecular complexity index is 421. The lowest BCUT2D eigenvalue weighted by molar-refractivity contribution is 0.183. The van der Waals surface area contributed by atoms with Gasteiger partial charge in [-0.15, -0.1) is 0 Å². The second-order valence-corrected chi connectivity index (χ2v) is 5.18. The number of aliphatic hydroxyl groups is 1. The number of hydrogen-bond acceptors (Lipinski definition) is 4. The molecule has 0 saturated heterocycles. The minimum absolute atomic E-state index is 0.161. The summed E-state index contributed by atoms with van der Waals surface area (Å²) >= 11 is 3.46. The third-order valence-corrected chi connectivity index (χ3v) is 3.49. The monoisotopic (exact) mass is 317 g/mol. The zero-order chi connectivity index (χ0) is 13.9. The van der Waals surface area contributed by atoms with Gasteiger partial charge < -0.3 is 20.3 Å². The molecule has 0 amide bonds. The summed E-state index contributed by atoms with van der Waals surface area (Å²) in [7, 11) is 3.18. The maximum atomic E-state index is 10.1. The molecular weight excluding hydrogens is 298 g/mol. The van der Waals surface area contributed by atoms with Crippen LogP contribution in [0.4, 0.5) is 0 Å². The second-order valence-electron chi connectivity index (χ2n) is 4.33. The van der Waals surface area contributed by atoms with Crippen molar-refractivity contribution >= 4 is 15.9 Å². The number of aliphatic hydroxyl groups excluding tert-OH is 1. The Morgan fingerprint density at radius 2 is 1.89 bits per heavy atom. The molecule has 102 valence electrons. The van der Waals surface area contributed by atoms with Crippen LogP contribution >= 0.6 is 15.9 Å². The molecular formula is C13H20BrNO3. The molecule has 0 saturated carbocycles. The number of hydrogen-bond donors (Lipinski definition) is 2. The summed E-state index contributed by atoms with van der Waals surface area (Å²) in [4.78, 5) is 0. The lowest BCUT2D eigenvalue weighted by Gasteiger charge is -2.23.